The Morgan fingerprint density at radius 3 is 2.23 bits per heavy atom. The molecule has 0 unspecified atom stereocenters. The number of nitrogens with zero attached hydrogens (tertiary/aromatic N) is 1. The first kappa shape index (κ1) is 17.0. The van der Waals surface area contributed by atoms with E-state index in [-0.39, 0.29) is 21.3 Å². The van der Waals surface area contributed by atoms with Crippen LogP contribution in [-0.4, -0.2) is 11.9 Å². The SMILES string of the molecule is NC(=O)N(C(=O)c1c(Cl)cccc1Cl)c1ccc(I)c(F)c1. The van der Waals surface area contributed by atoms with Crippen LogP contribution in [-0.2, 0) is 0 Å². The number of primary amides is 1. The zero-order chi connectivity index (χ0) is 16.4. The van der Waals surface area contributed by atoms with Crippen LogP contribution in [0.3, 0.4) is 0 Å². The summed E-state index contributed by atoms with van der Waals surface area (Å²) in [6, 6.07) is 7.25. The van der Waals surface area contributed by atoms with Crippen molar-refractivity contribution in [2.24, 2.45) is 5.73 Å². The van der Waals surface area contributed by atoms with Gasteiger partial charge in [-0.3, -0.25) is 4.79 Å². The zero-order valence-electron chi connectivity index (χ0n) is 10.8. The van der Waals surface area contributed by atoms with Crippen LogP contribution in [0.4, 0.5) is 14.9 Å². The molecule has 114 valence electrons. The Bertz CT molecular complexity index is 750. The normalized spacial score (nSPS) is 10.4. The maximum Gasteiger partial charge on any atom is 0.326 e. The van der Waals surface area contributed by atoms with Crippen LogP contribution in [0.5, 0.6) is 0 Å². The summed E-state index contributed by atoms with van der Waals surface area (Å²) in [5.41, 5.74) is 5.16. The van der Waals surface area contributed by atoms with Crippen molar-refractivity contribution < 1.29 is 14.0 Å². The van der Waals surface area contributed by atoms with Gasteiger partial charge >= 0.3 is 6.03 Å². The van der Waals surface area contributed by atoms with Crippen LogP contribution in [0.15, 0.2) is 36.4 Å². The minimum absolute atomic E-state index is 0.00796. The first-order valence-corrected chi connectivity index (χ1v) is 7.69. The molecule has 0 fully saturated rings. The van der Waals surface area contributed by atoms with Crippen molar-refractivity contribution in [1.29, 1.82) is 0 Å². The van der Waals surface area contributed by atoms with Crippen molar-refractivity contribution in [1.82, 2.24) is 0 Å². The summed E-state index contributed by atoms with van der Waals surface area (Å²) in [6.45, 7) is 0. The van der Waals surface area contributed by atoms with E-state index < -0.39 is 17.8 Å². The molecular formula is C14H8Cl2FIN2O2. The number of nitrogens with two attached hydrogens (primary N) is 1. The van der Waals surface area contributed by atoms with Crippen LogP contribution in [0.1, 0.15) is 10.4 Å². The van der Waals surface area contributed by atoms with E-state index in [0.717, 1.165) is 6.07 Å². The summed E-state index contributed by atoms with van der Waals surface area (Å²) in [5.74, 6) is -1.41. The topological polar surface area (TPSA) is 63.4 Å². The molecule has 8 heteroatoms. The molecule has 0 radical (unpaired) electrons. The molecule has 0 atom stereocenters. The Labute approximate surface area is 149 Å². The Morgan fingerprint density at radius 2 is 1.73 bits per heavy atom. The van der Waals surface area contributed by atoms with E-state index in [4.69, 9.17) is 28.9 Å². The highest BCUT2D eigenvalue weighted by atomic mass is 127. The number of amides is 3. The van der Waals surface area contributed by atoms with Crippen molar-refractivity contribution in [2.45, 2.75) is 0 Å². The first-order valence-electron chi connectivity index (χ1n) is 5.86. The predicted molar refractivity (Wildman–Crippen MR) is 92.0 cm³/mol. The molecule has 0 aliphatic carbocycles. The molecule has 2 aromatic rings. The van der Waals surface area contributed by atoms with Gasteiger partial charge in [0.2, 0.25) is 0 Å². The summed E-state index contributed by atoms with van der Waals surface area (Å²) < 4.78 is 14.0. The Morgan fingerprint density at radius 1 is 1.14 bits per heavy atom. The van der Waals surface area contributed by atoms with Gasteiger partial charge in [-0.25, -0.2) is 14.1 Å². The van der Waals surface area contributed by atoms with E-state index in [1.807, 2.05) is 0 Å². The number of rotatable bonds is 2. The van der Waals surface area contributed by atoms with E-state index in [1.54, 1.807) is 28.7 Å². The van der Waals surface area contributed by atoms with E-state index in [2.05, 4.69) is 0 Å². The van der Waals surface area contributed by atoms with Crippen LogP contribution in [0, 0.1) is 9.39 Å². The lowest BCUT2D eigenvalue weighted by atomic mass is 10.1. The van der Waals surface area contributed by atoms with Crippen LogP contribution in [0.25, 0.3) is 0 Å². The highest BCUT2D eigenvalue weighted by Crippen LogP contribution is 2.28. The summed E-state index contributed by atoms with van der Waals surface area (Å²) >= 11 is 13.7. The molecule has 0 bridgehead atoms. The molecule has 0 aliphatic heterocycles. The fourth-order valence-corrected chi connectivity index (χ4v) is 2.68. The fraction of sp³-hybridized carbons (Fsp3) is 0. The number of benzene rings is 2. The van der Waals surface area contributed by atoms with Gasteiger partial charge in [0.25, 0.3) is 5.91 Å². The molecule has 22 heavy (non-hydrogen) atoms. The smallest absolute Gasteiger partial charge is 0.326 e. The molecule has 0 aliphatic rings. The quantitative estimate of drug-likeness (QED) is 0.683. The standard InChI is InChI=1S/C14H8Cl2FIN2O2/c15-8-2-1-3-9(16)12(8)13(21)20(14(19)22)7-4-5-11(18)10(17)6-7/h1-6H,(H2,19,22). The number of imide groups is 1. The maximum atomic E-state index is 13.7. The Kier molecular flexibility index (Phi) is 5.25. The van der Waals surface area contributed by atoms with Crippen molar-refractivity contribution in [3.63, 3.8) is 0 Å². The molecule has 0 saturated heterocycles. The second kappa shape index (κ2) is 6.80. The predicted octanol–water partition coefficient (Wildman–Crippen LogP) is 4.46. The second-order valence-corrected chi connectivity index (χ2v) is 6.15. The lowest BCUT2D eigenvalue weighted by molar-refractivity contribution is 0.0995. The summed E-state index contributed by atoms with van der Waals surface area (Å²) in [5, 5.41) is 0.129. The molecule has 3 amide bonds. The molecule has 2 rings (SSSR count). The number of anilines is 1. The number of hydrogen-bond acceptors (Lipinski definition) is 2. The molecule has 4 nitrogen and oxygen atoms in total. The lowest BCUT2D eigenvalue weighted by Gasteiger charge is -2.20. The van der Waals surface area contributed by atoms with Crippen molar-refractivity contribution in [2.75, 3.05) is 4.90 Å². The third-order valence-corrected chi connectivity index (χ3v) is 4.27. The molecule has 0 heterocycles. The van der Waals surface area contributed by atoms with Gasteiger partial charge in [0.1, 0.15) is 5.82 Å². The highest BCUT2D eigenvalue weighted by Gasteiger charge is 2.27. The Hall–Kier alpha value is -1.38. The van der Waals surface area contributed by atoms with E-state index >= 15 is 0 Å². The molecule has 0 spiro atoms. The Balaban J connectivity index is 2.55. The van der Waals surface area contributed by atoms with Gasteiger partial charge in [-0.05, 0) is 52.9 Å². The minimum Gasteiger partial charge on any atom is -0.351 e. The third kappa shape index (κ3) is 3.34. The highest BCUT2D eigenvalue weighted by molar-refractivity contribution is 14.1. The van der Waals surface area contributed by atoms with Crippen LogP contribution < -0.4 is 10.6 Å². The van der Waals surface area contributed by atoms with Gasteiger partial charge in [-0.1, -0.05) is 29.3 Å². The molecule has 2 N–H and O–H groups in total. The van der Waals surface area contributed by atoms with Gasteiger partial charge in [0, 0.05) is 3.57 Å². The minimum atomic E-state index is -1.07. The number of urea groups is 1. The fourth-order valence-electron chi connectivity index (χ4n) is 1.78. The summed E-state index contributed by atoms with van der Waals surface area (Å²) in [7, 11) is 0. The van der Waals surface area contributed by atoms with Crippen molar-refractivity contribution in [3.05, 3.63) is 61.4 Å². The lowest BCUT2D eigenvalue weighted by Crippen LogP contribution is -2.41. The van der Waals surface area contributed by atoms with Gasteiger partial charge in [0.05, 0.1) is 21.3 Å². The van der Waals surface area contributed by atoms with Gasteiger partial charge in [-0.15, -0.1) is 0 Å². The number of carbonyl (C=O) groups excluding carboxylic acids is 2. The van der Waals surface area contributed by atoms with Gasteiger partial charge in [-0.2, -0.15) is 0 Å². The van der Waals surface area contributed by atoms with E-state index in [9.17, 15) is 14.0 Å². The summed E-state index contributed by atoms with van der Waals surface area (Å²) in [6.07, 6.45) is 0. The maximum absolute atomic E-state index is 13.7. The number of hydrogen-bond donors (Lipinski definition) is 1. The number of carbonyl (C=O) groups is 2. The van der Waals surface area contributed by atoms with Gasteiger partial charge in [0.15, 0.2) is 0 Å². The zero-order valence-corrected chi connectivity index (χ0v) is 14.5. The van der Waals surface area contributed by atoms with Crippen LogP contribution in [0.2, 0.25) is 10.0 Å². The monoisotopic (exact) mass is 452 g/mol. The molecule has 0 saturated carbocycles. The summed E-state index contributed by atoms with van der Waals surface area (Å²) in [4.78, 5) is 24.8. The van der Waals surface area contributed by atoms with Crippen LogP contribution >= 0.6 is 45.8 Å². The average Bonchev–Trinajstić information content (AvgIpc) is 2.42. The van der Waals surface area contributed by atoms with E-state index in [0.29, 0.717) is 8.47 Å². The second-order valence-electron chi connectivity index (χ2n) is 4.17. The molecular weight excluding hydrogens is 445 g/mol. The van der Waals surface area contributed by atoms with E-state index in [1.165, 1.54) is 24.3 Å². The largest absolute Gasteiger partial charge is 0.351 e. The number of halogens is 4. The van der Waals surface area contributed by atoms with Crippen molar-refractivity contribution >= 4 is 63.4 Å². The first-order chi connectivity index (χ1) is 10.3. The van der Waals surface area contributed by atoms with Gasteiger partial charge < -0.3 is 5.73 Å². The average molecular weight is 453 g/mol. The molecule has 2 aromatic carbocycles. The molecule has 0 aromatic heterocycles. The third-order valence-electron chi connectivity index (χ3n) is 2.76. The van der Waals surface area contributed by atoms with Crippen molar-refractivity contribution in [3.8, 4) is 0 Å².